The van der Waals surface area contributed by atoms with Crippen LogP contribution >= 0.6 is 11.3 Å². The fraction of sp³-hybridized carbons (Fsp3) is 0.133. The minimum absolute atomic E-state index is 0.181. The van der Waals surface area contributed by atoms with Crippen LogP contribution in [0.5, 0.6) is 5.75 Å². The van der Waals surface area contributed by atoms with Crippen LogP contribution in [0.1, 0.15) is 4.88 Å². The van der Waals surface area contributed by atoms with E-state index in [9.17, 15) is 8.42 Å². The molecule has 3 aromatic rings. The highest BCUT2D eigenvalue weighted by molar-refractivity contribution is 7.87. The Morgan fingerprint density at radius 3 is 2.83 bits per heavy atom. The zero-order chi connectivity index (χ0) is 16.4. The number of aromatic nitrogens is 1. The van der Waals surface area contributed by atoms with Crippen LogP contribution in [0.2, 0.25) is 0 Å². The fourth-order valence-corrected chi connectivity index (χ4v) is 3.69. The van der Waals surface area contributed by atoms with Gasteiger partial charge in [0.15, 0.2) is 0 Å². The van der Waals surface area contributed by atoms with Gasteiger partial charge in [0.2, 0.25) is 0 Å². The molecular formula is C15H15N3O3S2. The SMILES string of the molecule is COc1ccc2c(-c3ccc(CNS(N)(=O)=O)s3)ccnc2c1. The third kappa shape index (κ3) is 3.67. The molecule has 120 valence electrons. The van der Waals surface area contributed by atoms with E-state index in [-0.39, 0.29) is 6.54 Å². The third-order valence-electron chi connectivity index (χ3n) is 3.32. The third-order valence-corrected chi connectivity index (χ3v) is 4.99. The molecule has 23 heavy (non-hydrogen) atoms. The number of ether oxygens (including phenoxy) is 1. The topological polar surface area (TPSA) is 94.3 Å². The normalized spacial score (nSPS) is 11.7. The summed E-state index contributed by atoms with van der Waals surface area (Å²) in [4.78, 5) is 6.29. The van der Waals surface area contributed by atoms with Crippen molar-refractivity contribution in [1.29, 1.82) is 0 Å². The van der Waals surface area contributed by atoms with Gasteiger partial charge in [-0.05, 0) is 30.3 Å². The lowest BCUT2D eigenvalue weighted by molar-refractivity contribution is 0.415. The van der Waals surface area contributed by atoms with Crippen molar-refractivity contribution in [2.24, 2.45) is 5.14 Å². The molecule has 0 aliphatic carbocycles. The molecule has 0 aliphatic rings. The van der Waals surface area contributed by atoms with E-state index in [1.807, 2.05) is 36.4 Å². The summed E-state index contributed by atoms with van der Waals surface area (Å²) < 4.78 is 29.4. The Kier molecular flexibility index (Phi) is 4.31. The van der Waals surface area contributed by atoms with Crippen molar-refractivity contribution in [2.45, 2.75) is 6.54 Å². The molecule has 2 aromatic heterocycles. The van der Waals surface area contributed by atoms with Crippen molar-refractivity contribution in [3.8, 4) is 16.2 Å². The van der Waals surface area contributed by atoms with Crippen LogP contribution in [-0.4, -0.2) is 20.5 Å². The fourth-order valence-electron chi connectivity index (χ4n) is 2.26. The van der Waals surface area contributed by atoms with Crippen LogP contribution in [0.4, 0.5) is 0 Å². The van der Waals surface area contributed by atoms with E-state index in [1.165, 1.54) is 11.3 Å². The van der Waals surface area contributed by atoms with Gasteiger partial charge in [-0.15, -0.1) is 11.3 Å². The number of hydrogen-bond acceptors (Lipinski definition) is 5. The summed E-state index contributed by atoms with van der Waals surface area (Å²) in [5.41, 5.74) is 1.89. The molecule has 3 N–H and O–H groups in total. The molecule has 0 saturated carbocycles. The molecule has 0 unspecified atom stereocenters. The van der Waals surface area contributed by atoms with E-state index in [0.717, 1.165) is 32.0 Å². The second-order valence-corrected chi connectivity index (χ2v) is 7.42. The van der Waals surface area contributed by atoms with Gasteiger partial charge in [-0.25, -0.2) is 5.14 Å². The lowest BCUT2D eigenvalue weighted by atomic mass is 10.1. The number of benzene rings is 1. The van der Waals surface area contributed by atoms with Gasteiger partial charge in [-0.3, -0.25) is 4.98 Å². The molecule has 3 rings (SSSR count). The predicted molar refractivity (Wildman–Crippen MR) is 91.6 cm³/mol. The highest BCUT2D eigenvalue weighted by Gasteiger charge is 2.09. The minimum atomic E-state index is -3.69. The molecule has 0 aliphatic heterocycles. The molecule has 0 atom stereocenters. The number of nitrogens with zero attached hydrogens (tertiary/aromatic N) is 1. The summed E-state index contributed by atoms with van der Waals surface area (Å²) >= 11 is 1.51. The first-order valence-corrected chi connectivity index (χ1v) is 9.12. The Morgan fingerprint density at radius 2 is 2.09 bits per heavy atom. The quantitative estimate of drug-likeness (QED) is 0.739. The Balaban J connectivity index is 1.96. The van der Waals surface area contributed by atoms with Gasteiger partial charge in [0.05, 0.1) is 12.6 Å². The van der Waals surface area contributed by atoms with Gasteiger partial charge in [0.25, 0.3) is 10.2 Å². The highest BCUT2D eigenvalue weighted by atomic mass is 32.2. The largest absolute Gasteiger partial charge is 0.497 e. The van der Waals surface area contributed by atoms with Gasteiger partial charge in [-0.2, -0.15) is 13.1 Å². The molecule has 0 bridgehead atoms. The van der Waals surface area contributed by atoms with Gasteiger partial charge in [0, 0.05) is 39.5 Å². The van der Waals surface area contributed by atoms with E-state index >= 15 is 0 Å². The Morgan fingerprint density at radius 1 is 1.26 bits per heavy atom. The number of thiophene rings is 1. The molecule has 0 radical (unpaired) electrons. The Hall–Kier alpha value is -2.00. The van der Waals surface area contributed by atoms with Crippen LogP contribution in [0.15, 0.2) is 42.6 Å². The monoisotopic (exact) mass is 349 g/mol. The smallest absolute Gasteiger partial charge is 0.274 e. The van der Waals surface area contributed by atoms with Crippen LogP contribution < -0.4 is 14.6 Å². The van der Waals surface area contributed by atoms with E-state index in [1.54, 1.807) is 13.3 Å². The van der Waals surface area contributed by atoms with Crippen molar-refractivity contribution in [1.82, 2.24) is 9.71 Å². The van der Waals surface area contributed by atoms with Gasteiger partial charge < -0.3 is 4.74 Å². The average Bonchev–Trinajstić information content (AvgIpc) is 3.00. The van der Waals surface area contributed by atoms with E-state index in [0.29, 0.717) is 0 Å². The number of pyridine rings is 1. The van der Waals surface area contributed by atoms with Gasteiger partial charge >= 0.3 is 0 Å². The molecule has 2 heterocycles. The molecule has 1 aromatic carbocycles. The standard InChI is InChI=1S/C15H15N3O3S2/c1-21-10-2-4-12-13(6-7-17-14(12)8-10)15-5-3-11(22-15)9-18-23(16,19)20/h2-8,18H,9H2,1H3,(H2,16,19,20). The van der Waals surface area contributed by atoms with Crippen LogP contribution in [-0.2, 0) is 16.8 Å². The zero-order valence-electron chi connectivity index (χ0n) is 12.3. The number of rotatable bonds is 5. The van der Waals surface area contributed by atoms with Crippen LogP contribution in [0.25, 0.3) is 21.3 Å². The number of nitrogens with one attached hydrogen (secondary N) is 1. The highest BCUT2D eigenvalue weighted by Crippen LogP contribution is 2.34. The van der Waals surface area contributed by atoms with Crippen molar-refractivity contribution in [3.63, 3.8) is 0 Å². The second-order valence-electron chi connectivity index (χ2n) is 4.87. The molecule has 8 heteroatoms. The first-order valence-electron chi connectivity index (χ1n) is 6.75. The summed E-state index contributed by atoms with van der Waals surface area (Å²) in [7, 11) is -2.07. The Labute approximate surface area is 138 Å². The summed E-state index contributed by atoms with van der Waals surface area (Å²) in [6.07, 6.45) is 1.75. The lowest BCUT2D eigenvalue weighted by Gasteiger charge is -2.06. The van der Waals surface area contributed by atoms with Crippen molar-refractivity contribution < 1.29 is 13.2 Å². The maximum absolute atomic E-state index is 11.0. The van der Waals surface area contributed by atoms with Crippen molar-refractivity contribution in [2.75, 3.05) is 7.11 Å². The second kappa shape index (κ2) is 6.25. The van der Waals surface area contributed by atoms with E-state index < -0.39 is 10.2 Å². The maximum atomic E-state index is 11.0. The van der Waals surface area contributed by atoms with E-state index in [2.05, 4.69) is 9.71 Å². The molecular weight excluding hydrogens is 334 g/mol. The van der Waals surface area contributed by atoms with Gasteiger partial charge in [-0.1, -0.05) is 0 Å². The van der Waals surface area contributed by atoms with Crippen molar-refractivity contribution >= 4 is 32.4 Å². The first-order chi connectivity index (χ1) is 11.0. The molecule has 0 amide bonds. The van der Waals surface area contributed by atoms with E-state index in [4.69, 9.17) is 9.88 Å². The Bertz CT molecular complexity index is 952. The minimum Gasteiger partial charge on any atom is -0.497 e. The lowest BCUT2D eigenvalue weighted by Crippen LogP contribution is -2.29. The average molecular weight is 349 g/mol. The molecule has 6 nitrogen and oxygen atoms in total. The maximum Gasteiger partial charge on any atom is 0.274 e. The summed E-state index contributed by atoms with van der Waals surface area (Å²) in [6, 6.07) is 11.5. The predicted octanol–water partition coefficient (Wildman–Crippen LogP) is 2.26. The zero-order valence-corrected chi connectivity index (χ0v) is 13.9. The molecule has 0 spiro atoms. The number of fused-ring (bicyclic) bond motifs is 1. The summed E-state index contributed by atoms with van der Waals surface area (Å²) in [6.45, 7) is 0.181. The number of nitrogens with two attached hydrogens (primary N) is 1. The van der Waals surface area contributed by atoms with Crippen molar-refractivity contribution in [3.05, 3.63) is 47.5 Å². The summed E-state index contributed by atoms with van der Waals surface area (Å²) in [5, 5.41) is 5.96. The number of hydrogen-bond donors (Lipinski definition) is 2. The van der Waals surface area contributed by atoms with Crippen LogP contribution in [0, 0.1) is 0 Å². The van der Waals surface area contributed by atoms with Gasteiger partial charge in [0.1, 0.15) is 5.75 Å². The number of methoxy groups -OCH3 is 1. The molecule has 0 saturated heterocycles. The van der Waals surface area contributed by atoms with Crippen LogP contribution in [0.3, 0.4) is 0 Å². The first kappa shape index (κ1) is 15.9. The molecule has 0 fully saturated rings. The summed E-state index contributed by atoms with van der Waals surface area (Å²) in [5.74, 6) is 0.756.